The zero-order valence-electron chi connectivity index (χ0n) is 12.2. The van der Waals surface area contributed by atoms with E-state index in [9.17, 15) is 0 Å². The van der Waals surface area contributed by atoms with Crippen LogP contribution in [-0.4, -0.2) is 15.2 Å². The number of methoxy groups -OCH3 is 1. The van der Waals surface area contributed by atoms with Gasteiger partial charge in [-0.1, -0.05) is 61.6 Å². The summed E-state index contributed by atoms with van der Waals surface area (Å²) < 4.78 is 5.18. The maximum Gasteiger partial charge on any atom is 0.118 e. The van der Waals surface area contributed by atoms with Crippen molar-refractivity contribution in [3.05, 3.63) is 54.1 Å². The topological polar surface area (TPSA) is 9.23 Å². The van der Waals surface area contributed by atoms with Gasteiger partial charge in [-0.25, -0.2) is 0 Å². The third-order valence-corrected chi connectivity index (χ3v) is 4.58. The van der Waals surface area contributed by atoms with E-state index in [1.54, 1.807) is 7.11 Å². The van der Waals surface area contributed by atoms with Crippen LogP contribution >= 0.6 is 0 Å². The van der Waals surface area contributed by atoms with Gasteiger partial charge in [0, 0.05) is 8.07 Å². The Hall–Kier alpha value is -1.54. The Kier molecular flexibility index (Phi) is 4.10. The summed E-state index contributed by atoms with van der Waals surface area (Å²) in [6, 6.07) is 18.4. The largest absolute Gasteiger partial charge is 0.497 e. The molecule has 0 aromatic heterocycles. The van der Waals surface area contributed by atoms with Crippen molar-refractivity contribution in [2.45, 2.75) is 25.7 Å². The van der Waals surface area contributed by atoms with E-state index >= 15 is 0 Å². The molecule has 0 bridgehead atoms. The number of benzene rings is 2. The third-order valence-electron chi connectivity index (χ3n) is 3.11. The van der Waals surface area contributed by atoms with E-state index in [0.717, 1.165) is 5.75 Å². The molecular formula is C17H22OSi. The van der Waals surface area contributed by atoms with Crippen LogP contribution in [-0.2, 0) is 6.04 Å². The fourth-order valence-corrected chi connectivity index (χ4v) is 3.67. The van der Waals surface area contributed by atoms with E-state index in [0.29, 0.717) is 0 Å². The van der Waals surface area contributed by atoms with Gasteiger partial charge in [0.2, 0.25) is 0 Å². The molecule has 2 aromatic carbocycles. The number of hydrogen-bond acceptors (Lipinski definition) is 1. The first kappa shape index (κ1) is 13.9. The molecule has 0 unspecified atom stereocenters. The van der Waals surface area contributed by atoms with Crippen LogP contribution in [0, 0.1) is 0 Å². The van der Waals surface area contributed by atoms with Crippen molar-refractivity contribution >= 4 is 8.07 Å². The molecule has 0 aliphatic rings. The van der Waals surface area contributed by atoms with Crippen LogP contribution in [0.4, 0.5) is 0 Å². The van der Waals surface area contributed by atoms with E-state index in [1.165, 1.54) is 22.7 Å². The predicted octanol–water partition coefficient (Wildman–Crippen LogP) is 4.78. The van der Waals surface area contributed by atoms with Gasteiger partial charge in [0.25, 0.3) is 0 Å². The Morgan fingerprint density at radius 2 is 1.26 bits per heavy atom. The first-order valence-electron chi connectivity index (χ1n) is 6.71. The minimum Gasteiger partial charge on any atom is -0.497 e. The third kappa shape index (κ3) is 3.96. The van der Waals surface area contributed by atoms with Gasteiger partial charge in [0.15, 0.2) is 0 Å². The highest BCUT2D eigenvalue weighted by molar-refractivity contribution is 6.75. The lowest BCUT2D eigenvalue weighted by atomic mass is 10.0. The lowest BCUT2D eigenvalue weighted by Crippen LogP contribution is -2.23. The van der Waals surface area contributed by atoms with Crippen molar-refractivity contribution in [3.8, 4) is 16.9 Å². The highest BCUT2D eigenvalue weighted by atomic mass is 28.3. The fraction of sp³-hybridized carbons (Fsp3) is 0.294. The van der Waals surface area contributed by atoms with Crippen molar-refractivity contribution in [3.63, 3.8) is 0 Å². The average Bonchev–Trinajstić information content (AvgIpc) is 2.38. The Bertz CT molecular complexity index is 521. The molecule has 2 heteroatoms. The van der Waals surface area contributed by atoms with Gasteiger partial charge in [0.1, 0.15) is 5.75 Å². The fourth-order valence-electron chi connectivity index (χ4n) is 2.21. The van der Waals surface area contributed by atoms with Crippen LogP contribution in [0.1, 0.15) is 5.56 Å². The SMILES string of the molecule is COc1ccc(-c2ccc(C[Si](C)(C)C)cc2)cc1. The second-order valence-corrected chi connectivity index (χ2v) is 11.6. The molecule has 19 heavy (non-hydrogen) atoms. The molecule has 0 fully saturated rings. The number of rotatable bonds is 4. The Labute approximate surface area is 117 Å². The molecule has 0 spiro atoms. The van der Waals surface area contributed by atoms with Gasteiger partial charge in [-0.15, -0.1) is 0 Å². The Morgan fingerprint density at radius 3 is 1.68 bits per heavy atom. The molecular weight excluding hydrogens is 248 g/mol. The lowest BCUT2D eigenvalue weighted by Gasteiger charge is -2.15. The number of ether oxygens (including phenoxy) is 1. The molecule has 0 aliphatic carbocycles. The summed E-state index contributed by atoms with van der Waals surface area (Å²) in [7, 11) is 0.671. The summed E-state index contributed by atoms with van der Waals surface area (Å²) in [5, 5.41) is 0. The highest BCUT2D eigenvalue weighted by Gasteiger charge is 2.13. The smallest absolute Gasteiger partial charge is 0.118 e. The quantitative estimate of drug-likeness (QED) is 0.726. The monoisotopic (exact) mass is 270 g/mol. The van der Waals surface area contributed by atoms with Crippen LogP contribution in [0.5, 0.6) is 5.75 Å². The molecule has 0 aliphatic heterocycles. The van der Waals surface area contributed by atoms with Gasteiger partial charge in [0.05, 0.1) is 7.11 Å². The summed E-state index contributed by atoms with van der Waals surface area (Å²) in [4.78, 5) is 0. The van der Waals surface area contributed by atoms with E-state index in [4.69, 9.17) is 4.74 Å². The van der Waals surface area contributed by atoms with Crippen molar-refractivity contribution in [2.75, 3.05) is 7.11 Å². The van der Waals surface area contributed by atoms with Crippen molar-refractivity contribution in [2.24, 2.45) is 0 Å². The van der Waals surface area contributed by atoms with Crippen LogP contribution < -0.4 is 4.74 Å². The maximum atomic E-state index is 5.18. The molecule has 0 saturated carbocycles. The minimum absolute atomic E-state index is 0.902. The molecule has 0 saturated heterocycles. The molecule has 2 rings (SSSR count). The summed E-state index contributed by atoms with van der Waals surface area (Å²) in [5.74, 6) is 0.902. The van der Waals surface area contributed by atoms with Crippen LogP contribution in [0.3, 0.4) is 0 Å². The van der Waals surface area contributed by atoms with Gasteiger partial charge >= 0.3 is 0 Å². The van der Waals surface area contributed by atoms with Gasteiger partial charge in [-0.05, 0) is 29.3 Å². The second-order valence-electron chi connectivity index (χ2n) is 6.16. The van der Waals surface area contributed by atoms with Gasteiger partial charge in [-0.3, -0.25) is 0 Å². The molecule has 0 radical (unpaired) electrons. The molecule has 0 atom stereocenters. The van der Waals surface area contributed by atoms with Crippen molar-refractivity contribution in [1.29, 1.82) is 0 Å². The summed E-state index contributed by atoms with van der Waals surface area (Å²) in [6.07, 6.45) is 0. The first-order chi connectivity index (χ1) is 8.98. The van der Waals surface area contributed by atoms with E-state index in [1.807, 2.05) is 12.1 Å². The summed E-state index contributed by atoms with van der Waals surface area (Å²) in [5.41, 5.74) is 3.96. The van der Waals surface area contributed by atoms with Crippen molar-refractivity contribution in [1.82, 2.24) is 0 Å². The minimum atomic E-state index is -1.02. The molecule has 1 nitrogen and oxygen atoms in total. The first-order valence-corrected chi connectivity index (χ1v) is 10.4. The van der Waals surface area contributed by atoms with Gasteiger partial charge < -0.3 is 4.74 Å². The summed E-state index contributed by atoms with van der Waals surface area (Å²) in [6.45, 7) is 7.22. The Balaban J connectivity index is 2.17. The van der Waals surface area contributed by atoms with E-state index in [2.05, 4.69) is 56.0 Å². The highest BCUT2D eigenvalue weighted by Crippen LogP contribution is 2.23. The lowest BCUT2D eigenvalue weighted by molar-refractivity contribution is 0.415. The zero-order valence-corrected chi connectivity index (χ0v) is 13.2. The summed E-state index contributed by atoms with van der Waals surface area (Å²) >= 11 is 0. The molecule has 0 amide bonds. The van der Waals surface area contributed by atoms with Crippen LogP contribution in [0.2, 0.25) is 19.6 Å². The van der Waals surface area contributed by atoms with Crippen LogP contribution in [0.25, 0.3) is 11.1 Å². The van der Waals surface area contributed by atoms with Crippen molar-refractivity contribution < 1.29 is 4.74 Å². The maximum absolute atomic E-state index is 5.18. The van der Waals surface area contributed by atoms with E-state index in [-0.39, 0.29) is 0 Å². The molecule has 0 heterocycles. The average molecular weight is 270 g/mol. The zero-order chi connectivity index (χ0) is 13.9. The van der Waals surface area contributed by atoms with E-state index < -0.39 is 8.07 Å². The van der Waals surface area contributed by atoms with Crippen LogP contribution in [0.15, 0.2) is 48.5 Å². The standard InChI is InChI=1S/C17H22OSi/c1-18-17-11-9-16(10-12-17)15-7-5-14(6-8-15)13-19(2,3)4/h5-12H,13H2,1-4H3. The second kappa shape index (κ2) is 5.62. The predicted molar refractivity (Wildman–Crippen MR) is 85.5 cm³/mol. The number of hydrogen-bond donors (Lipinski definition) is 0. The van der Waals surface area contributed by atoms with Gasteiger partial charge in [-0.2, -0.15) is 0 Å². The Morgan fingerprint density at radius 1 is 0.789 bits per heavy atom. The molecule has 2 aromatic rings. The normalized spacial score (nSPS) is 11.4. The molecule has 0 N–H and O–H groups in total. The molecule has 100 valence electrons.